The Bertz CT molecular complexity index is 1120. The van der Waals surface area contributed by atoms with E-state index in [0.29, 0.717) is 19.0 Å². The van der Waals surface area contributed by atoms with Gasteiger partial charge in [-0.1, -0.05) is 55.4 Å². The van der Waals surface area contributed by atoms with Crippen molar-refractivity contribution in [2.24, 2.45) is 0 Å². The molecule has 0 spiro atoms. The molecule has 200 valence electrons. The fraction of sp³-hybridized carbons (Fsp3) is 0.800. The maximum atomic E-state index is 7.35. The summed E-state index contributed by atoms with van der Waals surface area (Å²) in [5, 5.41) is 0. The Kier molecular flexibility index (Phi) is 6.54. The largest absolute Gasteiger partial charge is 0.414 e. The molecule has 2 bridgehead atoms. The molecule has 5 rings (SSSR count). The molecule has 2 aromatic heterocycles. The third kappa shape index (κ3) is 3.69. The predicted octanol–water partition coefficient (Wildman–Crippen LogP) is 5.07. The van der Waals surface area contributed by atoms with Crippen LogP contribution < -0.4 is 0 Å². The van der Waals surface area contributed by atoms with Gasteiger partial charge in [0.25, 0.3) is 0 Å². The van der Waals surface area contributed by atoms with Crippen LogP contribution in [0, 0.1) is 13.8 Å². The number of aryl methyl sites for hydroxylation is 2. The van der Waals surface area contributed by atoms with Crippen molar-refractivity contribution in [1.82, 2.24) is 19.5 Å². The molecular formula is C25H42N4O5Si2. The van der Waals surface area contributed by atoms with E-state index in [-0.39, 0.29) is 34.4 Å². The van der Waals surface area contributed by atoms with Gasteiger partial charge in [0.1, 0.15) is 29.2 Å². The van der Waals surface area contributed by atoms with Gasteiger partial charge in [-0.05, 0) is 36.0 Å². The first-order valence-corrected chi connectivity index (χ1v) is 17.3. The van der Waals surface area contributed by atoms with Gasteiger partial charge in [0.05, 0.1) is 25.2 Å². The van der Waals surface area contributed by atoms with Crippen LogP contribution >= 0.6 is 0 Å². The third-order valence-corrected chi connectivity index (χ3v) is 18.6. The average Bonchev–Trinajstić information content (AvgIpc) is 3.42. The van der Waals surface area contributed by atoms with Gasteiger partial charge in [-0.3, -0.25) is 4.57 Å². The molecule has 0 N–H and O–H groups in total. The summed E-state index contributed by atoms with van der Waals surface area (Å²) in [5.41, 5.74) is 2.72. The highest BCUT2D eigenvalue weighted by atomic mass is 28.5. The number of hydrogen-bond donors (Lipinski definition) is 0. The maximum absolute atomic E-state index is 7.35. The minimum Gasteiger partial charge on any atom is -0.414 e. The lowest BCUT2D eigenvalue weighted by molar-refractivity contribution is -0.186. The number of imidazole rings is 1. The van der Waals surface area contributed by atoms with Crippen molar-refractivity contribution in [2.75, 3.05) is 13.2 Å². The van der Waals surface area contributed by atoms with Crippen LogP contribution in [0.1, 0.15) is 73.1 Å². The first kappa shape index (κ1) is 26.4. The molecular weight excluding hydrogens is 492 g/mol. The Balaban J connectivity index is 1.62. The number of hydrogen-bond acceptors (Lipinski definition) is 8. The van der Waals surface area contributed by atoms with E-state index < -0.39 is 29.0 Å². The van der Waals surface area contributed by atoms with Crippen molar-refractivity contribution >= 4 is 28.3 Å². The summed E-state index contributed by atoms with van der Waals surface area (Å²) >= 11 is 0. The molecule has 3 aliphatic heterocycles. The van der Waals surface area contributed by atoms with Gasteiger partial charge in [-0.15, -0.1) is 0 Å². The van der Waals surface area contributed by atoms with Gasteiger partial charge >= 0.3 is 17.1 Å². The Hall–Kier alpha value is -1.22. The maximum Gasteiger partial charge on any atom is 0.335 e. The summed E-state index contributed by atoms with van der Waals surface area (Å²) in [5.74, 6) is 0.707. The van der Waals surface area contributed by atoms with Gasteiger partial charge in [0.15, 0.2) is 11.9 Å². The van der Waals surface area contributed by atoms with Gasteiger partial charge in [-0.25, -0.2) is 15.0 Å². The van der Waals surface area contributed by atoms with E-state index in [4.69, 9.17) is 27.4 Å². The molecule has 36 heavy (non-hydrogen) atoms. The number of ether oxygens (including phenoxy) is 2. The van der Waals surface area contributed by atoms with E-state index in [0.717, 1.165) is 16.9 Å². The van der Waals surface area contributed by atoms with Crippen LogP contribution in [0.3, 0.4) is 0 Å². The molecule has 9 nitrogen and oxygen atoms in total. The summed E-state index contributed by atoms with van der Waals surface area (Å²) in [6.07, 6.45) is 0.789. The zero-order valence-electron chi connectivity index (χ0n) is 23.4. The molecule has 3 fully saturated rings. The van der Waals surface area contributed by atoms with E-state index in [2.05, 4.69) is 65.4 Å². The molecule has 2 aromatic rings. The van der Waals surface area contributed by atoms with Crippen molar-refractivity contribution in [3.63, 3.8) is 0 Å². The highest BCUT2D eigenvalue weighted by molar-refractivity contribution is 6.84. The van der Waals surface area contributed by atoms with E-state index in [9.17, 15) is 0 Å². The lowest BCUT2D eigenvalue weighted by Crippen LogP contribution is -2.67. The number of rotatable bonds is 5. The topological polar surface area (TPSA) is 89.8 Å². The van der Waals surface area contributed by atoms with Gasteiger partial charge in [0, 0.05) is 0 Å². The zero-order chi connectivity index (χ0) is 26.2. The standard InChI is InChI=1S/C25H42N4O5Si2/c1-14(2)35(15(3)4)31-12-25-11-30-21(22(25)33-36(34-35,16(5)6)17(7)8)24(32-25)29-13-26-20-18(9)27-19(10)28-23(20)29/h13-17,21-22,24H,11-12H2,1-10H3/t21-,22?,24+,25+/m0/s1. The summed E-state index contributed by atoms with van der Waals surface area (Å²) in [6, 6.07) is 0. The van der Waals surface area contributed by atoms with Crippen LogP contribution in [0.4, 0.5) is 0 Å². The highest BCUT2D eigenvalue weighted by Crippen LogP contribution is 2.54. The van der Waals surface area contributed by atoms with Crippen LogP contribution in [0.15, 0.2) is 6.33 Å². The molecule has 0 aromatic carbocycles. The van der Waals surface area contributed by atoms with Crippen molar-refractivity contribution in [1.29, 1.82) is 0 Å². The van der Waals surface area contributed by atoms with Crippen molar-refractivity contribution in [2.45, 2.75) is 115 Å². The second kappa shape index (κ2) is 8.92. The van der Waals surface area contributed by atoms with E-state index in [1.807, 2.05) is 18.4 Å². The molecule has 0 radical (unpaired) electrons. The predicted molar refractivity (Wildman–Crippen MR) is 141 cm³/mol. The Morgan fingerprint density at radius 3 is 2.17 bits per heavy atom. The molecule has 5 heterocycles. The fourth-order valence-corrected chi connectivity index (χ4v) is 17.7. The van der Waals surface area contributed by atoms with Crippen molar-refractivity contribution < 1.29 is 22.4 Å². The summed E-state index contributed by atoms with van der Waals surface area (Å²) in [7, 11) is -5.45. The van der Waals surface area contributed by atoms with E-state index >= 15 is 0 Å². The number of fused-ring (bicyclic) bond motifs is 1. The third-order valence-electron chi connectivity index (χ3n) is 8.35. The monoisotopic (exact) mass is 534 g/mol. The van der Waals surface area contributed by atoms with Crippen LogP contribution in [0.5, 0.6) is 0 Å². The van der Waals surface area contributed by atoms with Gasteiger partial charge in [-0.2, -0.15) is 0 Å². The smallest absolute Gasteiger partial charge is 0.335 e. The SMILES string of the molecule is Cc1nc(C)c2ncn([C@@H]3O[C@@]45CO[C@H]3C4O[Si](C(C)C)(C(C)C)O[Si](C(C)C)(C(C)C)OC5)c2n1. The summed E-state index contributed by atoms with van der Waals surface area (Å²) in [4.78, 5) is 13.8. The molecule has 11 heteroatoms. The lowest BCUT2D eigenvalue weighted by Gasteiger charge is -2.52. The van der Waals surface area contributed by atoms with Crippen LogP contribution in [-0.2, 0) is 22.4 Å². The molecule has 1 unspecified atom stereocenters. The first-order chi connectivity index (χ1) is 16.9. The second-order valence-corrected chi connectivity index (χ2v) is 20.9. The summed E-state index contributed by atoms with van der Waals surface area (Å²) < 4.78 is 37.0. The van der Waals surface area contributed by atoms with Crippen molar-refractivity contribution in [3.05, 3.63) is 17.8 Å². The van der Waals surface area contributed by atoms with Crippen LogP contribution in [-0.4, -0.2) is 67.7 Å². The molecule has 0 amide bonds. The minimum absolute atomic E-state index is 0.242. The van der Waals surface area contributed by atoms with Crippen LogP contribution in [0.25, 0.3) is 11.2 Å². The van der Waals surface area contributed by atoms with E-state index in [1.165, 1.54) is 0 Å². The normalized spacial score (nSPS) is 31.6. The fourth-order valence-electron chi connectivity index (χ4n) is 6.42. The van der Waals surface area contributed by atoms with Gasteiger partial charge in [0.2, 0.25) is 0 Å². The number of nitrogens with zero attached hydrogens (tertiary/aromatic N) is 4. The first-order valence-electron chi connectivity index (χ1n) is 13.4. The zero-order valence-corrected chi connectivity index (χ0v) is 25.4. The van der Waals surface area contributed by atoms with E-state index in [1.54, 1.807) is 6.33 Å². The van der Waals surface area contributed by atoms with Crippen LogP contribution in [0.2, 0.25) is 22.2 Å². The number of aromatic nitrogens is 4. The molecule has 3 saturated heterocycles. The lowest BCUT2D eigenvalue weighted by atomic mass is 10.0. The Labute approximate surface area is 216 Å². The molecule has 4 atom stereocenters. The molecule has 3 aliphatic rings. The molecule has 0 saturated carbocycles. The van der Waals surface area contributed by atoms with Crippen molar-refractivity contribution in [3.8, 4) is 0 Å². The summed E-state index contributed by atoms with van der Waals surface area (Å²) in [6.45, 7) is 22.6. The minimum atomic E-state index is -2.78. The highest BCUT2D eigenvalue weighted by Gasteiger charge is 2.69. The Morgan fingerprint density at radius 1 is 0.917 bits per heavy atom. The second-order valence-electron chi connectivity index (χ2n) is 12.0. The van der Waals surface area contributed by atoms with Gasteiger partial charge < -0.3 is 22.4 Å². The Morgan fingerprint density at radius 2 is 1.56 bits per heavy atom. The molecule has 0 aliphatic carbocycles. The quantitative estimate of drug-likeness (QED) is 0.492. The average molecular weight is 535 g/mol.